The van der Waals surface area contributed by atoms with Gasteiger partial charge in [-0.25, -0.2) is 0 Å². The van der Waals surface area contributed by atoms with E-state index in [1.54, 1.807) is 0 Å². The van der Waals surface area contributed by atoms with Crippen LogP contribution in [-0.2, 0) is 21.7 Å². The van der Waals surface area contributed by atoms with Gasteiger partial charge in [0.15, 0.2) is 0 Å². The smallest absolute Gasteiger partial charge is 0.247 e. The number of hydrogen-bond donors (Lipinski definition) is 0. The molecule has 0 radical (unpaired) electrons. The molecule has 0 saturated carbocycles. The van der Waals surface area contributed by atoms with Crippen LogP contribution in [0.4, 0.5) is 51.2 Å². The van der Waals surface area contributed by atoms with Crippen molar-refractivity contribution in [3.05, 3.63) is 374 Å². The summed E-state index contributed by atoms with van der Waals surface area (Å²) in [5, 5.41) is 0. The molecule has 2 aliphatic carbocycles. The number of rotatable bonds is 5. The zero-order chi connectivity index (χ0) is 71.5. The van der Waals surface area contributed by atoms with E-state index in [1.807, 2.05) is 0 Å². The molecular formula is C100H83B2N3. The van der Waals surface area contributed by atoms with Gasteiger partial charge < -0.3 is 14.7 Å². The Labute approximate surface area is 620 Å². The second-order valence-corrected chi connectivity index (χ2v) is 33.0. The molecule has 504 valence electrons. The highest BCUT2D eigenvalue weighted by Crippen LogP contribution is 2.67. The molecule has 105 heavy (non-hydrogen) atoms. The quantitative estimate of drug-likeness (QED) is 0.159. The summed E-state index contributed by atoms with van der Waals surface area (Å²) < 4.78 is 0. The highest BCUT2D eigenvalue weighted by molar-refractivity contribution is 7.02. The molecule has 4 heterocycles. The second-order valence-electron chi connectivity index (χ2n) is 33.0. The monoisotopic (exact) mass is 1350 g/mol. The van der Waals surface area contributed by atoms with Crippen LogP contribution in [0.3, 0.4) is 0 Å². The summed E-state index contributed by atoms with van der Waals surface area (Å²) >= 11 is 0. The molecule has 2 spiro atoms. The summed E-state index contributed by atoms with van der Waals surface area (Å²) in [4.78, 5) is 8.07. The largest absolute Gasteiger partial charge is 0.313 e. The Morgan fingerprint density at radius 2 is 0.543 bits per heavy atom. The van der Waals surface area contributed by atoms with Crippen LogP contribution in [0.15, 0.2) is 285 Å². The van der Waals surface area contributed by atoms with E-state index in [4.69, 9.17) is 0 Å². The molecule has 0 atom stereocenters. The lowest BCUT2D eigenvalue weighted by Crippen LogP contribution is -2.66. The fourth-order valence-electron chi connectivity index (χ4n) is 20.9. The van der Waals surface area contributed by atoms with Crippen molar-refractivity contribution in [3.8, 4) is 33.4 Å². The molecule has 0 N–H and O–H groups in total. The number of hydrogen-bond acceptors (Lipinski definition) is 3. The molecule has 0 unspecified atom stereocenters. The Morgan fingerprint density at radius 1 is 0.257 bits per heavy atom. The van der Waals surface area contributed by atoms with Crippen LogP contribution in [-0.4, -0.2) is 13.4 Å². The first-order chi connectivity index (χ1) is 50.9. The van der Waals surface area contributed by atoms with Gasteiger partial charge in [-0.05, 0) is 206 Å². The van der Waals surface area contributed by atoms with Crippen LogP contribution in [0.25, 0.3) is 33.4 Å². The molecular weight excluding hydrogens is 1260 g/mol. The van der Waals surface area contributed by atoms with Gasteiger partial charge in [0.1, 0.15) is 0 Å². The van der Waals surface area contributed by atoms with E-state index in [1.165, 1.54) is 167 Å². The fraction of sp³-hybridized carbons (Fsp3) is 0.160. The average Bonchev–Trinajstić information content (AvgIpc) is 1.00. The normalized spacial score (nSPS) is 14.7. The first-order valence-electron chi connectivity index (χ1n) is 37.8. The minimum Gasteiger partial charge on any atom is -0.313 e. The zero-order valence-electron chi connectivity index (χ0n) is 62.1. The summed E-state index contributed by atoms with van der Waals surface area (Å²) in [6, 6.07) is 112. The van der Waals surface area contributed by atoms with Crippen molar-refractivity contribution in [1.82, 2.24) is 0 Å². The highest BCUT2D eigenvalue weighted by Gasteiger charge is 2.55. The number of nitrogens with zero attached hydrogens (tertiary/aromatic N) is 3. The summed E-state index contributed by atoms with van der Waals surface area (Å²) in [6.07, 6.45) is 0. The average molecular weight is 1350 g/mol. The van der Waals surface area contributed by atoms with Gasteiger partial charge in [0.2, 0.25) is 13.4 Å². The Hall–Kier alpha value is -11.4. The predicted molar refractivity (Wildman–Crippen MR) is 446 cm³/mol. The number of fused-ring (bicyclic) bond motifs is 22. The SMILES string of the molecule is Cc1cc(C)c(B2c3cc(C(C)(C)C)ccc3N3c4ccc(C(C)(C)C)cc4B(c4c(C)cc(C)cc4C)c4cc(-c5c(N6c7ccccc7C7(c8ccccc8-c8ccccc87)c7ccccc76)cccc5N5c6ccccc6C6(c7ccccc7-c7ccccc76)c6ccccc65)cc2c43)c(C)c1. The van der Waals surface area contributed by atoms with Gasteiger partial charge in [-0.1, -0.05) is 322 Å². The summed E-state index contributed by atoms with van der Waals surface area (Å²) in [7, 11) is 0. The van der Waals surface area contributed by atoms with Crippen molar-refractivity contribution < 1.29 is 0 Å². The van der Waals surface area contributed by atoms with E-state index in [0.717, 1.165) is 39.7 Å². The molecule has 6 aliphatic rings. The van der Waals surface area contributed by atoms with E-state index < -0.39 is 10.8 Å². The topological polar surface area (TPSA) is 9.72 Å². The molecule has 4 aliphatic heterocycles. The third-order valence-corrected chi connectivity index (χ3v) is 24.9. The molecule has 0 amide bonds. The first-order valence-corrected chi connectivity index (χ1v) is 37.8. The second kappa shape index (κ2) is 22.6. The number of aryl methyl sites for hydroxylation is 6. The minimum atomic E-state index is -0.617. The predicted octanol–water partition coefficient (Wildman–Crippen LogP) is 21.2. The van der Waals surface area contributed by atoms with Gasteiger partial charge in [-0.15, -0.1) is 0 Å². The third-order valence-electron chi connectivity index (χ3n) is 24.9. The summed E-state index contributed by atoms with van der Waals surface area (Å²) in [5.74, 6) is 0. The lowest BCUT2D eigenvalue weighted by atomic mass is 9.29. The molecule has 0 fully saturated rings. The van der Waals surface area contributed by atoms with Gasteiger partial charge in [0.05, 0.1) is 45.0 Å². The van der Waals surface area contributed by atoms with Crippen molar-refractivity contribution in [2.45, 2.75) is 105 Å². The maximum absolute atomic E-state index is 2.72. The van der Waals surface area contributed by atoms with Gasteiger partial charge in [-0.2, -0.15) is 0 Å². The fourth-order valence-corrected chi connectivity index (χ4v) is 20.9. The summed E-state index contributed by atoms with van der Waals surface area (Å²) in [5.41, 5.74) is 45.3. The highest BCUT2D eigenvalue weighted by atomic mass is 15.2. The third kappa shape index (κ3) is 8.64. The van der Waals surface area contributed by atoms with E-state index >= 15 is 0 Å². The number of anilines is 9. The van der Waals surface area contributed by atoms with Gasteiger partial charge in [-0.3, -0.25) is 0 Å². The van der Waals surface area contributed by atoms with E-state index in [2.05, 4.69) is 383 Å². The Morgan fingerprint density at radius 3 is 0.857 bits per heavy atom. The molecule has 20 rings (SSSR count). The Bertz CT molecular complexity index is 5500. The molecule has 14 aromatic carbocycles. The van der Waals surface area contributed by atoms with Crippen LogP contribution < -0.4 is 47.5 Å². The molecule has 3 nitrogen and oxygen atoms in total. The van der Waals surface area contributed by atoms with Gasteiger partial charge in [0, 0.05) is 22.6 Å². The lowest BCUT2D eigenvalue weighted by molar-refractivity contribution is 0.590. The lowest BCUT2D eigenvalue weighted by Gasteiger charge is -2.47. The molecule has 0 bridgehead atoms. The van der Waals surface area contributed by atoms with Crippen molar-refractivity contribution in [2.24, 2.45) is 0 Å². The van der Waals surface area contributed by atoms with Gasteiger partial charge in [0.25, 0.3) is 0 Å². The molecule has 14 aromatic rings. The van der Waals surface area contributed by atoms with Crippen LogP contribution >= 0.6 is 0 Å². The molecule has 5 heteroatoms. The number of para-hydroxylation sites is 4. The minimum absolute atomic E-state index is 0.129. The number of benzene rings is 14. The van der Waals surface area contributed by atoms with Crippen LogP contribution in [0.1, 0.15) is 131 Å². The maximum atomic E-state index is 2.72. The standard InChI is InChI=1S/C100H83B2N3/c1-60-52-62(3)94(63(4)53-60)101-81-58-67(97(7,8)9)48-50-89(81)105-90-51-49-68(98(10,11)12)59-82(90)102(95-64(5)54-61(2)55-65(95)6)84-57-66(56-83(101)96(84)105)93-91(103-85-42-25-21-38-77(85)99(78-39-22-26-43-86(78)103)73-34-17-13-30-69(73)70-31-14-18-35-74(70)99)46-29-47-92(93)104-87-44-27-23-40-79(87)100(80-41-24-28-45-88(80)104)75-36-19-15-32-71(75)72-33-16-20-37-76(72)100/h13-59H,1-12H3. The van der Waals surface area contributed by atoms with Gasteiger partial charge >= 0.3 is 0 Å². The molecule has 0 saturated heterocycles. The van der Waals surface area contributed by atoms with Crippen LogP contribution in [0, 0.1) is 41.5 Å². The molecule has 0 aromatic heterocycles. The van der Waals surface area contributed by atoms with Crippen LogP contribution in [0.5, 0.6) is 0 Å². The van der Waals surface area contributed by atoms with Crippen molar-refractivity contribution in [2.75, 3.05) is 14.7 Å². The Kier molecular flexibility index (Phi) is 13.6. The maximum Gasteiger partial charge on any atom is 0.247 e. The van der Waals surface area contributed by atoms with Crippen molar-refractivity contribution >= 4 is 97.4 Å². The zero-order valence-corrected chi connectivity index (χ0v) is 62.1. The Balaban J connectivity index is 0.964. The van der Waals surface area contributed by atoms with Crippen molar-refractivity contribution in [3.63, 3.8) is 0 Å². The first kappa shape index (κ1) is 63.3. The van der Waals surface area contributed by atoms with E-state index in [0.29, 0.717) is 0 Å². The summed E-state index contributed by atoms with van der Waals surface area (Å²) in [6.45, 7) is 28.0. The van der Waals surface area contributed by atoms with E-state index in [-0.39, 0.29) is 24.3 Å². The van der Waals surface area contributed by atoms with Crippen molar-refractivity contribution in [1.29, 1.82) is 0 Å². The van der Waals surface area contributed by atoms with E-state index in [9.17, 15) is 0 Å². The van der Waals surface area contributed by atoms with Crippen LogP contribution in [0.2, 0.25) is 0 Å².